The van der Waals surface area contributed by atoms with E-state index in [2.05, 4.69) is 18.3 Å². The van der Waals surface area contributed by atoms with Gasteiger partial charge >= 0.3 is 0 Å². The molecule has 0 aliphatic heterocycles. The van der Waals surface area contributed by atoms with Gasteiger partial charge in [0.05, 0.1) is 13.2 Å². The Kier molecular flexibility index (Phi) is 4.40. The van der Waals surface area contributed by atoms with Gasteiger partial charge < -0.3 is 10.1 Å². The van der Waals surface area contributed by atoms with Crippen molar-refractivity contribution < 1.29 is 9.13 Å². The number of rotatable bonds is 4. The van der Waals surface area contributed by atoms with Gasteiger partial charge in [0.1, 0.15) is 11.6 Å². The van der Waals surface area contributed by atoms with Crippen LogP contribution >= 0.6 is 0 Å². The average Bonchev–Trinajstić information content (AvgIpc) is 2.41. The summed E-state index contributed by atoms with van der Waals surface area (Å²) < 4.78 is 19.0. The molecule has 2 nitrogen and oxygen atoms in total. The van der Waals surface area contributed by atoms with Crippen LogP contribution in [0.4, 0.5) is 4.39 Å². The van der Waals surface area contributed by atoms with Crippen molar-refractivity contribution in [3.63, 3.8) is 0 Å². The van der Waals surface area contributed by atoms with Gasteiger partial charge in [0.15, 0.2) is 0 Å². The molecule has 0 radical (unpaired) electrons. The Morgan fingerprint density at radius 1 is 1.15 bits per heavy atom. The summed E-state index contributed by atoms with van der Waals surface area (Å²) in [6.07, 6.45) is 0. The second-order valence-corrected chi connectivity index (χ2v) is 4.97. The minimum atomic E-state index is -0.230. The van der Waals surface area contributed by atoms with Gasteiger partial charge in [-0.15, -0.1) is 0 Å². The summed E-state index contributed by atoms with van der Waals surface area (Å²) in [5.74, 6) is 0.595. The second kappa shape index (κ2) is 6.06. The molecule has 0 fully saturated rings. The van der Waals surface area contributed by atoms with Crippen LogP contribution in [0.5, 0.6) is 5.75 Å². The molecule has 2 rings (SSSR count). The second-order valence-electron chi connectivity index (χ2n) is 4.97. The van der Waals surface area contributed by atoms with Crippen molar-refractivity contribution in [1.29, 1.82) is 0 Å². The first-order chi connectivity index (χ1) is 9.56. The summed E-state index contributed by atoms with van der Waals surface area (Å²) in [6.45, 7) is 4.09. The van der Waals surface area contributed by atoms with Crippen molar-refractivity contribution in [2.24, 2.45) is 0 Å². The molecular weight excluding hydrogens is 253 g/mol. The molecule has 1 N–H and O–H groups in total. The molecule has 0 bridgehead atoms. The molecule has 3 heteroatoms. The topological polar surface area (TPSA) is 21.3 Å². The van der Waals surface area contributed by atoms with Gasteiger partial charge in [-0.2, -0.15) is 0 Å². The van der Waals surface area contributed by atoms with Crippen LogP contribution in [-0.2, 0) is 0 Å². The summed E-state index contributed by atoms with van der Waals surface area (Å²) in [5, 5.41) is 3.25. The SMILES string of the molecule is CNC(c1cccc(F)c1)c1c(C)cc(C)cc1OC. The fourth-order valence-corrected chi connectivity index (χ4v) is 2.64. The van der Waals surface area contributed by atoms with Crippen LogP contribution in [0, 0.1) is 19.7 Å². The number of hydrogen-bond donors (Lipinski definition) is 1. The van der Waals surface area contributed by atoms with Crippen LogP contribution in [0.25, 0.3) is 0 Å². The molecule has 0 aromatic heterocycles. The van der Waals surface area contributed by atoms with E-state index in [1.54, 1.807) is 19.2 Å². The number of halogens is 1. The molecule has 0 aliphatic carbocycles. The van der Waals surface area contributed by atoms with E-state index in [4.69, 9.17) is 4.74 Å². The molecule has 20 heavy (non-hydrogen) atoms. The van der Waals surface area contributed by atoms with E-state index in [9.17, 15) is 4.39 Å². The molecule has 2 aromatic rings. The highest BCUT2D eigenvalue weighted by molar-refractivity contribution is 5.48. The highest BCUT2D eigenvalue weighted by atomic mass is 19.1. The number of nitrogens with one attached hydrogen (secondary N) is 1. The van der Waals surface area contributed by atoms with Gasteiger partial charge in [-0.25, -0.2) is 4.39 Å². The lowest BCUT2D eigenvalue weighted by Gasteiger charge is -2.22. The molecule has 0 saturated heterocycles. The highest BCUT2D eigenvalue weighted by Crippen LogP contribution is 2.33. The van der Waals surface area contributed by atoms with E-state index in [0.29, 0.717) is 0 Å². The van der Waals surface area contributed by atoms with Crippen LogP contribution in [0.15, 0.2) is 36.4 Å². The lowest BCUT2D eigenvalue weighted by atomic mass is 9.93. The van der Waals surface area contributed by atoms with Crippen LogP contribution in [0.3, 0.4) is 0 Å². The van der Waals surface area contributed by atoms with E-state index in [-0.39, 0.29) is 11.9 Å². The molecule has 0 aliphatic rings. The van der Waals surface area contributed by atoms with Gasteiger partial charge in [-0.1, -0.05) is 18.2 Å². The van der Waals surface area contributed by atoms with Crippen molar-refractivity contribution >= 4 is 0 Å². The van der Waals surface area contributed by atoms with Crippen LogP contribution < -0.4 is 10.1 Å². The Hall–Kier alpha value is -1.87. The number of benzene rings is 2. The lowest BCUT2D eigenvalue weighted by molar-refractivity contribution is 0.404. The van der Waals surface area contributed by atoms with E-state index in [1.807, 2.05) is 26.1 Å². The maximum absolute atomic E-state index is 13.5. The molecular formula is C17H20FNO. The summed E-state index contributed by atoms with van der Waals surface area (Å²) in [5.41, 5.74) is 4.21. The first kappa shape index (κ1) is 14.5. The summed E-state index contributed by atoms with van der Waals surface area (Å²) in [6, 6.07) is 10.7. The van der Waals surface area contributed by atoms with Gasteiger partial charge in [-0.05, 0) is 55.8 Å². The Balaban J connectivity index is 2.57. The number of methoxy groups -OCH3 is 1. The average molecular weight is 273 g/mol. The molecule has 0 heterocycles. The predicted molar refractivity (Wildman–Crippen MR) is 79.8 cm³/mol. The van der Waals surface area contributed by atoms with E-state index in [0.717, 1.165) is 28.0 Å². The van der Waals surface area contributed by atoms with Gasteiger partial charge in [0.2, 0.25) is 0 Å². The Morgan fingerprint density at radius 2 is 1.90 bits per heavy atom. The molecule has 0 amide bonds. The van der Waals surface area contributed by atoms with E-state index >= 15 is 0 Å². The number of ether oxygens (including phenoxy) is 1. The van der Waals surface area contributed by atoms with Crippen molar-refractivity contribution in [2.75, 3.05) is 14.2 Å². The predicted octanol–water partition coefficient (Wildman–Crippen LogP) is 3.76. The zero-order chi connectivity index (χ0) is 14.7. The molecule has 0 spiro atoms. The molecule has 2 aromatic carbocycles. The largest absolute Gasteiger partial charge is 0.496 e. The van der Waals surface area contributed by atoms with Crippen molar-refractivity contribution in [3.05, 3.63) is 64.5 Å². The first-order valence-electron chi connectivity index (χ1n) is 6.64. The van der Waals surface area contributed by atoms with Gasteiger partial charge in [0, 0.05) is 5.56 Å². The molecule has 106 valence electrons. The van der Waals surface area contributed by atoms with Gasteiger partial charge in [0.25, 0.3) is 0 Å². The summed E-state index contributed by atoms with van der Waals surface area (Å²) in [7, 11) is 3.53. The maximum atomic E-state index is 13.5. The van der Waals surface area contributed by atoms with Crippen molar-refractivity contribution in [3.8, 4) is 5.75 Å². The Bertz CT molecular complexity index is 610. The van der Waals surface area contributed by atoms with Crippen LogP contribution in [-0.4, -0.2) is 14.2 Å². The van der Waals surface area contributed by atoms with E-state index < -0.39 is 0 Å². The molecule has 0 saturated carbocycles. The zero-order valence-corrected chi connectivity index (χ0v) is 12.3. The smallest absolute Gasteiger partial charge is 0.124 e. The fraction of sp³-hybridized carbons (Fsp3) is 0.294. The lowest BCUT2D eigenvalue weighted by Crippen LogP contribution is -2.20. The highest BCUT2D eigenvalue weighted by Gasteiger charge is 2.19. The minimum Gasteiger partial charge on any atom is -0.496 e. The van der Waals surface area contributed by atoms with Crippen molar-refractivity contribution in [1.82, 2.24) is 5.32 Å². The zero-order valence-electron chi connectivity index (χ0n) is 12.3. The standard InChI is InChI=1S/C17H20FNO/c1-11-8-12(2)16(15(9-11)20-4)17(19-3)13-6-5-7-14(18)10-13/h5-10,17,19H,1-4H3. The monoisotopic (exact) mass is 273 g/mol. The van der Waals surface area contributed by atoms with Gasteiger partial charge in [-0.3, -0.25) is 0 Å². The maximum Gasteiger partial charge on any atom is 0.124 e. The number of aryl methyl sites for hydroxylation is 2. The van der Waals surface area contributed by atoms with Crippen molar-refractivity contribution in [2.45, 2.75) is 19.9 Å². The fourth-order valence-electron chi connectivity index (χ4n) is 2.64. The quantitative estimate of drug-likeness (QED) is 0.915. The van der Waals surface area contributed by atoms with E-state index in [1.165, 1.54) is 6.07 Å². The summed E-state index contributed by atoms with van der Waals surface area (Å²) >= 11 is 0. The third-order valence-electron chi connectivity index (χ3n) is 3.47. The Labute approximate surface area is 119 Å². The summed E-state index contributed by atoms with van der Waals surface area (Å²) in [4.78, 5) is 0. The third kappa shape index (κ3) is 2.83. The molecule has 1 atom stereocenters. The third-order valence-corrected chi connectivity index (χ3v) is 3.47. The first-order valence-corrected chi connectivity index (χ1v) is 6.64. The number of hydrogen-bond acceptors (Lipinski definition) is 2. The molecule has 1 unspecified atom stereocenters. The Morgan fingerprint density at radius 3 is 2.50 bits per heavy atom. The normalized spacial score (nSPS) is 12.2. The minimum absolute atomic E-state index is 0.0961. The van der Waals surface area contributed by atoms with Crippen LogP contribution in [0.1, 0.15) is 28.3 Å². The van der Waals surface area contributed by atoms with Crippen LogP contribution in [0.2, 0.25) is 0 Å².